The maximum atomic E-state index is 13.6. The number of nitrogens with zero attached hydrogens (tertiary/aromatic N) is 2. The average molecular weight is 545 g/mol. The Morgan fingerprint density at radius 3 is 2.55 bits per heavy atom. The van der Waals surface area contributed by atoms with Gasteiger partial charge >= 0.3 is 0 Å². The zero-order chi connectivity index (χ0) is 26.5. The number of rotatable bonds is 8. The van der Waals surface area contributed by atoms with E-state index in [4.69, 9.17) is 11.6 Å². The first-order chi connectivity index (χ1) is 18.5. The minimum absolute atomic E-state index is 0.0421. The van der Waals surface area contributed by atoms with E-state index in [-0.39, 0.29) is 11.7 Å². The third kappa shape index (κ3) is 6.40. The molecule has 0 N–H and O–H groups in total. The first-order valence-corrected chi connectivity index (χ1v) is 14.6. The van der Waals surface area contributed by atoms with E-state index >= 15 is 0 Å². The van der Waals surface area contributed by atoms with Gasteiger partial charge in [-0.25, -0.2) is 0 Å². The van der Waals surface area contributed by atoms with Crippen LogP contribution in [0.3, 0.4) is 0 Å². The molecule has 1 aliphatic heterocycles. The van der Waals surface area contributed by atoms with Crippen LogP contribution >= 0.6 is 23.4 Å². The van der Waals surface area contributed by atoms with Gasteiger partial charge in [0.05, 0.1) is 17.1 Å². The Balaban J connectivity index is 1.28. The van der Waals surface area contributed by atoms with Gasteiger partial charge in [0.2, 0.25) is 0 Å². The number of amides is 1. The molecule has 0 saturated heterocycles. The molecule has 6 heteroatoms. The van der Waals surface area contributed by atoms with Gasteiger partial charge in [-0.1, -0.05) is 91.2 Å². The smallest absolute Gasteiger partial charge is 0.265 e. The highest BCUT2D eigenvalue weighted by Crippen LogP contribution is 2.42. The fourth-order valence-corrected chi connectivity index (χ4v) is 6.55. The molecule has 196 valence electrons. The zero-order valence-corrected chi connectivity index (χ0v) is 23.3. The Morgan fingerprint density at radius 2 is 1.79 bits per heavy atom. The molecule has 1 amide bonds. The van der Waals surface area contributed by atoms with E-state index in [1.165, 1.54) is 43.9 Å². The molecule has 0 atom stereocenters. The van der Waals surface area contributed by atoms with Crippen LogP contribution in [0.1, 0.15) is 60.0 Å². The van der Waals surface area contributed by atoms with E-state index in [9.17, 15) is 9.59 Å². The molecule has 2 aliphatic rings. The van der Waals surface area contributed by atoms with Crippen molar-refractivity contribution in [1.29, 1.82) is 0 Å². The summed E-state index contributed by atoms with van der Waals surface area (Å²) in [6.07, 6.45) is 8.85. The lowest BCUT2D eigenvalue weighted by Gasteiger charge is -2.31. The second kappa shape index (κ2) is 12.3. The molecule has 0 spiro atoms. The third-order valence-corrected chi connectivity index (χ3v) is 8.79. The van der Waals surface area contributed by atoms with Crippen molar-refractivity contribution in [3.63, 3.8) is 0 Å². The molecule has 5 rings (SSSR count). The number of anilines is 1. The van der Waals surface area contributed by atoms with Gasteiger partial charge in [-0.2, -0.15) is 0 Å². The SMILES string of the molecule is CN(CCC(=O)c1ccc(/C=C2/Sc3ccccc3N(Cc3cccc(Cl)c3)C2=O)cc1)C1CCCCC1. The molecule has 4 nitrogen and oxygen atoms in total. The van der Waals surface area contributed by atoms with E-state index < -0.39 is 0 Å². The number of para-hydroxylation sites is 1. The van der Waals surface area contributed by atoms with Crippen molar-refractivity contribution in [2.24, 2.45) is 0 Å². The monoisotopic (exact) mass is 544 g/mol. The Bertz CT molecular complexity index is 1330. The Morgan fingerprint density at radius 1 is 1.03 bits per heavy atom. The lowest BCUT2D eigenvalue weighted by Crippen LogP contribution is -2.34. The van der Waals surface area contributed by atoms with Gasteiger partial charge in [-0.15, -0.1) is 0 Å². The summed E-state index contributed by atoms with van der Waals surface area (Å²) < 4.78 is 0. The molecular weight excluding hydrogens is 512 g/mol. The molecule has 1 heterocycles. The fourth-order valence-electron chi connectivity index (χ4n) is 5.28. The van der Waals surface area contributed by atoms with Crippen LogP contribution < -0.4 is 4.90 Å². The molecule has 3 aromatic rings. The minimum Gasteiger partial charge on any atom is -0.303 e. The minimum atomic E-state index is -0.0421. The van der Waals surface area contributed by atoms with Crippen LogP contribution in [0.5, 0.6) is 0 Å². The largest absolute Gasteiger partial charge is 0.303 e. The Hall–Kier alpha value is -2.86. The number of halogens is 1. The molecule has 0 bridgehead atoms. The van der Waals surface area contributed by atoms with Crippen LogP contribution in [-0.4, -0.2) is 36.2 Å². The predicted molar refractivity (Wildman–Crippen MR) is 158 cm³/mol. The lowest BCUT2D eigenvalue weighted by atomic mass is 9.94. The normalized spacial score (nSPS) is 17.2. The van der Waals surface area contributed by atoms with Crippen molar-refractivity contribution in [3.8, 4) is 0 Å². The number of benzene rings is 3. The van der Waals surface area contributed by atoms with Gasteiger partial charge in [0.1, 0.15) is 0 Å². The van der Waals surface area contributed by atoms with E-state index in [2.05, 4.69) is 11.9 Å². The van der Waals surface area contributed by atoms with Crippen molar-refractivity contribution >= 4 is 46.8 Å². The van der Waals surface area contributed by atoms with Crippen LogP contribution in [0.15, 0.2) is 82.6 Å². The second-order valence-corrected chi connectivity index (χ2v) is 11.7. The van der Waals surface area contributed by atoms with Gasteiger partial charge in [-0.3, -0.25) is 9.59 Å². The molecule has 3 aromatic carbocycles. The number of Topliss-reactive ketones (excluding diaryl/α,β-unsaturated/α-hetero) is 1. The standard InChI is InChI=1S/C32H33ClN2O2S/c1-34(27-10-3-2-4-11-27)19-18-29(36)25-16-14-23(15-17-25)21-31-32(37)35(22-24-8-7-9-26(33)20-24)28-12-5-6-13-30(28)38-31/h5-9,12-17,20-21,27H,2-4,10-11,18-19,22H2,1H3/b31-21+. The number of fused-ring (bicyclic) bond motifs is 1. The molecule has 1 aliphatic carbocycles. The highest BCUT2D eigenvalue weighted by atomic mass is 35.5. The highest BCUT2D eigenvalue weighted by Gasteiger charge is 2.29. The molecule has 0 unspecified atom stereocenters. The fraction of sp³-hybridized carbons (Fsp3) is 0.312. The summed E-state index contributed by atoms with van der Waals surface area (Å²) in [7, 11) is 2.14. The summed E-state index contributed by atoms with van der Waals surface area (Å²) in [5.74, 6) is 0.121. The molecule has 1 saturated carbocycles. The van der Waals surface area contributed by atoms with Crippen LogP contribution in [-0.2, 0) is 11.3 Å². The summed E-state index contributed by atoms with van der Waals surface area (Å²) in [6.45, 7) is 1.24. The number of hydrogen-bond acceptors (Lipinski definition) is 4. The molecular formula is C32H33ClN2O2S. The quantitative estimate of drug-likeness (QED) is 0.214. The number of hydrogen-bond donors (Lipinski definition) is 0. The van der Waals surface area contributed by atoms with Gasteiger partial charge in [0, 0.05) is 34.5 Å². The average Bonchev–Trinajstić information content (AvgIpc) is 2.94. The molecule has 0 aromatic heterocycles. The van der Waals surface area contributed by atoms with Crippen molar-refractivity contribution in [2.45, 2.75) is 56.0 Å². The van der Waals surface area contributed by atoms with E-state index in [0.717, 1.165) is 33.8 Å². The van der Waals surface area contributed by atoms with Crippen molar-refractivity contribution in [3.05, 3.63) is 99.4 Å². The van der Waals surface area contributed by atoms with Crippen LogP contribution in [0, 0.1) is 0 Å². The number of thioether (sulfide) groups is 1. The van der Waals surface area contributed by atoms with Gasteiger partial charge in [0.25, 0.3) is 5.91 Å². The summed E-state index contributed by atoms with van der Waals surface area (Å²) in [5, 5.41) is 0.653. The Labute approximate surface area is 234 Å². The first kappa shape index (κ1) is 26.7. The van der Waals surface area contributed by atoms with E-state index in [0.29, 0.717) is 28.9 Å². The second-order valence-electron chi connectivity index (χ2n) is 10.2. The molecule has 38 heavy (non-hydrogen) atoms. The van der Waals surface area contributed by atoms with Crippen LogP contribution in [0.25, 0.3) is 6.08 Å². The van der Waals surface area contributed by atoms with Crippen molar-refractivity contribution in [2.75, 3.05) is 18.5 Å². The number of carbonyl (C=O) groups excluding carboxylic acids is 2. The summed E-state index contributed by atoms with van der Waals surface area (Å²) >= 11 is 7.68. The van der Waals surface area contributed by atoms with Crippen LogP contribution in [0.4, 0.5) is 5.69 Å². The lowest BCUT2D eigenvalue weighted by molar-refractivity contribution is -0.114. The zero-order valence-electron chi connectivity index (χ0n) is 21.7. The molecule has 0 radical (unpaired) electrons. The maximum absolute atomic E-state index is 13.6. The van der Waals surface area contributed by atoms with Gasteiger partial charge in [-0.05, 0) is 61.4 Å². The maximum Gasteiger partial charge on any atom is 0.265 e. The van der Waals surface area contributed by atoms with Crippen molar-refractivity contribution in [1.82, 2.24) is 4.90 Å². The summed E-state index contributed by atoms with van der Waals surface area (Å²) in [5.41, 5.74) is 3.50. The topological polar surface area (TPSA) is 40.6 Å². The van der Waals surface area contributed by atoms with Gasteiger partial charge in [0.15, 0.2) is 5.78 Å². The predicted octanol–water partition coefficient (Wildman–Crippen LogP) is 7.86. The number of ketones is 1. The molecule has 1 fully saturated rings. The number of carbonyl (C=O) groups is 2. The first-order valence-electron chi connectivity index (χ1n) is 13.4. The van der Waals surface area contributed by atoms with Crippen molar-refractivity contribution < 1.29 is 9.59 Å². The van der Waals surface area contributed by atoms with E-state index in [1.54, 1.807) is 0 Å². The highest BCUT2D eigenvalue weighted by molar-refractivity contribution is 8.04. The van der Waals surface area contributed by atoms with Gasteiger partial charge < -0.3 is 9.80 Å². The third-order valence-electron chi connectivity index (χ3n) is 7.48. The van der Waals surface area contributed by atoms with Crippen LogP contribution in [0.2, 0.25) is 5.02 Å². The summed E-state index contributed by atoms with van der Waals surface area (Å²) in [4.78, 5) is 32.3. The Kier molecular flexibility index (Phi) is 8.68. The summed E-state index contributed by atoms with van der Waals surface area (Å²) in [6, 6.07) is 23.8. The van der Waals surface area contributed by atoms with E-state index in [1.807, 2.05) is 83.8 Å².